The molecule has 4 heteroatoms. The van der Waals surface area contributed by atoms with E-state index in [9.17, 15) is 0 Å². The summed E-state index contributed by atoms with van der Waals surface area (Å²) >= 11 is 0. The van der Waals surface area contributed by atoms with E-state index >= 15 is 0 Å². The summed E-state index contributed by atoms with van der Waals surface area (Å²) in [7, 11) is 0. The standard InChI is InChI=1S/C87H74BN3/c1-55-49-60(58-27-14-10-15-28-58)41-45-75(55)89(76-46-42-61(50-56(76)2)59-29-16-11-17-30-59)64-52-67-65-43-44-70-80(66-35-22-23-36-68(66)86(70,8)9)82(65)91(78-54-73-72(51-57(78)3)84(4,5)47-48-85(73,6)7)88-74-39-26-38-71-83(74)90(79(53-64)81(67)88)77-40-25-24-37-69(77)87(71,62-31-18-12-19-32-62)63-33-20-13-21-34-63/h10-46,49-54H,47-48H2,1-9H3. The molecule has 0 saturated carbocycles. The third-order valence-corrected chi connectivity index (χ3v) is 21.9. The Morgan fingerprint density at radius 3 is 1.51 bits per heavy atom. The van der Waals surface area contributed by atoms with Crippen LogP contribution in [-0.2, 0) is 21.7 Å². The normalized spacial score (nSPS) is 15.9. The Bertz CT molecular complexity index is 4830. The molecule has 12 aromatic rings. The maximum atomic E-state index is 2.88. The minimum absolute atomic E-state index is 0.0284. The summed E-state index contributed by atoms with van der Waals surface area (Å²) in [4.78, 5) is 8.17. The molecule has 2 aliphatic carbocycles. The number of fused-ring (bicyclic) bond motifs is 11. The Kier molecular flexibility index (Phi) is 12.2. The van der Waals surface area contributed by atoms with Crippen molar-refractivity contribution >= 4 is 63.3 Å². The van der Waals surface area contributed by atoms with Gasteiger partial charge >= 0.3 is 6.85 Å². The van der Waals surface area contributed by atoms with Gasteiger partial charge in [-0.05, 0) is 198 Å². The minimum Gasteiger partial charge on any atom is -0.376 e. The maximum Gasteiger partial charge on any atom is 0.333 e. The topological polar surface area (TPSA) is 9.72 Å². The van der Waals surface area contributed by atoms with E-state index in [0.717, 1.165) is 29.9 Å². The zero-order valence-electron chi connectivity index (χ0n) is 53.7. The third-order valence-electron chi connectivity index (χ3n) is 21.9. The summed E-state index contributed by atoms with van der Waals surface area (Å²) < 4.78 is 0. The molecule has 0 radical (unpaired) electrons. The lowest BCUT2D eigenvalue weighted by molar-refractivity contribution is 0.332. The van der Waals surface area contributed by atoms with Gasteiger partial charge in [-0.25, -0.2) is 0 Å². The van der Waals surface area contributed by atoms with Crippen molar-refractivity contribution in [3.05, 3.63) is 322 Å². The number of hydrogen-bond donors (Lipinski definition) is 0. The second-order valence-corrected chi connectivity index (χ2v) is 28.4. The molecule has 12 aromatic carbocycles. The molecule has 0 unspecified atom stereocenters. The first-order valence-electron chi connectivity index (χ1n) is 32.8. The van der Waals surface area contributed by atoms with E-state index in [1.807, 2.05) is 0 Å². The summed E-state index contributed by atoms with van der Waals surface area (Å²) in [5, 5.41) is 0. The molecule has 3 aliphatic heterocycles. The van der Waals surface area contributed by atoms with E-state index in [4.69, 9.17) is 0 Å². The second kappa shape index (κ2) is 20.1. The van der Waals surface area contributed by atoms with Gasteiger partial charge < -0.3 is 14.6 Å². The van der Waals surface area contributed by atoms with Crippen LogP contribution in [0.4, 0.5) is 45.5 Å². The van der Waals surface area contributed by atoms with Crippen LogP contribution >= 0.6 is 0 Å². The van der Waals surface area contributed by atoms with E-state index in [0.29, 0.717) is 0 Å². The quantitative estimate of drug-likeness (QED) is 0.140. The first kappa shape index (κ1) is 55.2. The predicted molar refractivity (Wildman–Crippen MR) is 385 cm³/mol. The number of hydrogen-bond acceptors (Lipinski definition) is 3. The summed E-state index contributed by atoms with van der Waals surface area (Å²) in [5.41, 5.74) is 35.6. The lowest BCUT2D eigenvalue weighted by Gasteiger charge is -2.53. The van der Waals surface area contributed by atoms with Gasteiger partial charge in [-0.15, -0.1) is 0 Å². The van der Waals surface area contributed by atoms with Crippen LogP contribution in [-0.4, -0.2) is 6.85 Å². The molecule has 0 aromatic heterocycles. The number of anilines is 8. The molecule has 5 aliphatic rings. The van der Waals surface area contributed by atoms with Crippen molar-refractivity contribution in [1.29, 1.82) is 0 Å². The third kappa shape index (κ3) is 7.94. The van der Waals surface area contributed by atoms with Crippen molar-refractivity contribution < 1.29 is 0 Å². The van der Waals surface area contributed by atoms with Gasteiger partial charge in [0.2, 0.25) is 0 Å². The number of nitrogens with zero attached hydrogens (tertiary/aromatic N) is 3. The molecule has 0 saturated heterocycles. The maximum absolute atomic E-state index is 2.88. The van der Waals surface area contributed by atoms with Crippen LogP contribution in [0.15, 0.2) is 261 Å². The van der Waals surface area contributed by atoms with Gasteiger partial charge in [-0.1, -0.05) is 254 Å². The molecule has 0 amide bonds. The molecule has 3 nitrogen and oxygen atoms in total. The molecule has 0 spiro atoms. The van der Waals surface area contributed by atoms with Crippen LogP contribution in [0.3, 0.4) is 0 Å². The van der Waals surface area contributed by atoms with Crippen molar-refractivity contribution in [2.45, 2.75) is 96.8 Å². The molecule has 0 fully saturated rings. The summed E-state index contributed by atoms with van der Waals surface area (Å²) in [5.74, 6) is 0. The Labute approximate surface area is 538 Å². The number of aryl methyl sites for hydroxylation is 3. The summed E-state index contributed by atoms with van der Waals surface area (Å²) in [6, 6.07) is 100. The highest BCUT2D eigenvalue weighted by molar-refractivity contribution is 6.94. The van der Waals surface area contributed by atoms with Crippen molar-refractivity contribution in [2.75, 3.05) is 14.6 Å². The summed E-state index contributed by atoms with van der Waals surface area (Å²) in [6.45, 7) is 21.6. The first-order valence-corrected chi connectivity index (χ1v) is 32.8. The molecule has 0 bridgehead atoms. The smallest absolute Gasteiger partial charge is 0.333 e. The average Bonchev–Trinajstić information content (AvgIpc) is 0.762. The molecule has 0 atom stereocenters. The fraction of sp³-hybridized carbons (Fsp3) is 0.172. The molecule has 3 heterocycles. The van der Waals surface area contributed by atoms with Crippen LogP contribution in [0.5, 0.6) is 0 Å². The van der Waals surface area contributed by atoms with Gasteiger partial charge in [-0.3, -0.25) is 0 Å². The predicted octanol–water partition coefficient (Wildman–Crippen LogP) is 21.5. The number of benzene rings is 12. The Morgan fingerprint density at radius 2 is 0.901 bits per heavy atom. The van der Waals surface area contributed by atoms with E-state index < -0.39 is 5.41 Å². The van der Waals surface area contributed by atoms with Crippen molar-refractivity contribution in [3.63, 3.8) is 0 Å². The molecular formula is C87H74BN3. The fourth-order valence-corrected chi connectivity index (χ4v) is 17.3. The van der Waals surface area contributed by atoms with Crippen LogP contribution in [0.1, 0.15) is 116 Å². The largest absolute Gasteiger partial charge is 0.376 e. The van der Waals surface area contributed by atoms with Crippen molar-refractivity contribution in [2.24, 2.45) is 0 Å². The fourth-order valence-electron chi connectivity index (χ4n) is 17.3. The number of para-hydroxylation sites is 2. The van der Waals surface area contributed by atoms with E-state index in [-0.39, 0.29) is 23.1 Å². The van der Waals surface area contributed by atoms with Gasteiger partial charge in [0.05, 0.1) is 11.1 Å². The molecule has 0 N–H and O–H groups in total. The highest BCUT2D eigenvalue weighted by Gasteiger charge is 2.55. The zero-order chi connectivity index (χ0) is 61.9. The molecule has 440 valence electrons. The van der Waals surface area contributed by atoms with Crippen molar-refractivity contribution in [1.82, 2.24) is 0 Å². The molecule has 91 heavy (non-hydrogen) atoms. The van der Waals surface area contributed by atoms with Crippen LogP contribution in [0, 0.1) is 20.8 Å². The highest BCUT2D eigenvalue weighted by atomic mass is 15.2. The summed E-state index contributed by atoms with van der Waals surface area (Å²) in [6.07, 6.45) is 2.28. The SMILES string of the molecule is Cc1cc2c(cc1N1B3c4cccc5c4N(c4ccccc4C5(c4ccccc4)c4ccccc4)c4cc(N(c5ccc(-c6ccccc6)cc5C)c5ccc(-c6ccccc6)cc5C)cc(c43)-c3ccc4c(c31)-c1ccccc1C4(C)C)C(C)(C)CCC2(C)C. The lowest BCUT2D eigenvalue weighted by atomic mass is 9.42. The average molecular weight is 1170 g/mol. The van der Waals surface area contributed by atoms with Gasteiger partial charge in [0.25, 0.3) is 0 Å². The Hall–Kier alpha value is -9.90. The lowest BCUT2D eigenvalue weighted by Crippen LogP contribution is -2.63. The van der Waals surface area contributed by atoms with Crippen LogP contribution in [0.25, 0.3) is 44.5 Å². The molecular weight excluding hydrogens is 1100 g/mol. The second-order valence-electron chi connectivity index (χ2n) is 28.4. The van der Waals surface area contributed by atoms with E-state index in [2.05, 4.69) is 338 Å². The van der Waals surface area contributed by atoms with Gasteiger partial charge in [0.1, 0.15) is 0 Å². The monoisotopic (exact) mass is 1170 g/mol. The highest BCUT2D eigenvalue weighted by Crippen LogP contribution is 2.63. The van der Waals surface area contributed by atoms with E-state index in [1.165, 1.54) is 145 Å². The molecule has 17 rings (SSSR count). The number of rotatable bonds is 8. The Morgan fingerprint density at radius 1 is 0.363 bits per heavy atom. The van der Waals surface area contributed by atoms with Gasteiger partial charge in [-0.2, -0.15) is 0 Å². The van der Waals surface area contributed by atoms with Crippen molar-refractivity contribution in [3.8, 4) is 44.5 Å². The van der Waals surface area contributed by atoms with E-state index in [1.54, 1.807) is 0 Å². The minimum atomic E-state index is -0.681. The van der Waals surface area contributed by atoms with Gasteiger partial charge in [0, 0.05) is 56.4 Å². The zero-order valence-corrected chi connectivity index (χ0v) is 53.7. The first-order chi connectivity index (χ1) is 44.1. The Balaban J connectivity index is 1.04. The van der Waals surface area contributed by atoms with Crippen LogP contribution < -0.4 is 25.5 Å². The van der Waals surface area contributed by atoms with Gasteiger partial charge in [0.15, 0.2) is 0 Å². The van der Waals surface area contributed by atoms with Crippen LogP contribution in [0.2, 0.25) is 0 Å².